The molecule has 3 rings (SSSR count). The van der Waals surface area contributed by atoms with Crippen LogP contribution in [0.3, 0.4) is 0 Å². The van der Waals surface area contributed by atoms with Crippen molar-refractivity contribution in [2.75, 3.05) is 286 Å². The summed E-state index contributed by atoms with van der Waals surface area (Å²) in [6, 6.07) is 8.98. The Balaban J connectivity index is 2.61. The van der Waals surface area contributed by atoms with E-state index in [1.54, 1.807) is 0 Å². The molecular formula is C61H121N12O2+7. The van der Waals surface area contributed by atoms with Gasteiger partial charge in [-0.2, -0.15) is 0 Å². The molecule has 0 aliphatic heterocycles. The van der Waals surface area contributed by atoms with E-state index in [-0.39, 0.29) is 11.6 Å². The lowest BCUT2D eigenvalue weighted by atomic mass is 9.79. The lowest BCUT2D eigenvalue weighted by Crippen LogP contribution is -2.42. The van der Waals surface area contributed by atoms with Gasteiger partial charge in [0, 0.05) is 120 Å². The summed E-state index contributed by atoms with van der Waals surface area (Å²) in [5, 5.41) is 0. The SMILES string of the molecule is CN(C)CCCN(CCC[N+](C)(C)C)c1ccc(N(CCC[N+](C)(C)C)CCC[N+](C)(C)C)c2c1C(=O)c1c(N(CCC[N+](C)(C)C)CCC[N+](C)(C)C)ccc(N(CCC[N+](C)(C)C)CCC[N+](C)(C)C)c1C2=O. The van der Waals surface area contributed by atoms with Crippen molar-refractivity contribution in [3.63, 3.8) is 0 Å². The van der Waals surface area contributed by atoms with Crippen LogP contribution in [0.4, 0.5) is 22.7 Å². The normalized spacial score (nSPS) is 13.9. The molecule has 2 aromatic carbocycles. The summed E-state index contributed by atoms with van der Waals surface area (Å²) < 4.78 is 6.08. The second-order valence-corrected chi connectivity index (χ2v) is 30.0. The third-order valence-corrected chi connectivity index (χ3v) is 14.4. The van der Waals surface area contributed by atoms with E-state index in [1.165, 1.54) is 0 Å². The Hall–Kier alpha value is -3.34. The van der Waals surface area contributed by atoms with E-state index in [1.807, 2.05) is 0 Å². The highest BCUT2D eigenvalue weighted by Crippen LogP contribution is 2.46. The van der Waals surface area contributed by atoms with Gasteiger partial charge < -0.3 is 55.9 Å². The topological polar surface area (TPSA) is 50.3 Å². The summed E-state index contributed by atoms with van der Waals surface area (Å²) in [6.07, 6.45) is 7.77. The van der Waals surface area contributed by atoms with Crippen molar-refractivity contribution in [1.82, 2.24) is 4.90 Å². The molecule has 430 valence electrons. The van der Waals surface area contributed by atoms with Crippen LogP contribution >= 0.6 is 0 Å². The van der Waals surface area contributed by atoms with Crippen LogP contribution in [-0.2, 0) is 0 Å². The number of anilines is 4. The Morgan fingerprint density at radius 1 is 0.267 bits per heavy atom. The second-order valence-electron chi connectivity index (χ2n) is 30.0. The van der Waals surface area contributed by atoms with Crippen molar-refractivity contribution in [3.8, 4) is 0 Å². The average Bonchev–Trinajstić information content (AvgIpc) is 3.22. The fourth-order valence-electron chi connectivity index (χ4n) is 10.5. The van der Waals surface area contributed by atoms with E-state index in [0.717, 1.165) is 210 Å². The molecule has 0 spiro atoms. The monoisotopic (exact) mass is 1050 g/mol. The van der Waals surface area contributed by atoms with Crippen LogP contribution in [0.5, 0.6) is 0 Å². The molecule has 0 heterocycles. The number of quaternary nitrogens is 7. The second kappa shape index (κ2) is 27.5. The predicted molar refractivity (Wildman–Crippen MR) is 324 cm³/mol. The molecule has 0 unspecified atom stereocenters. The molecule has 2 aromatic rings. The fourth-order valence-corrected chi connectivity index (χ4v) is 10.5. The first-order valence-corrected chi connectivity index (χ1v) is 29.0. The van der Waals surface area contributed by atoms with Crippen LogP contribution in [0.15, 0.2) is 24.3 Å². The van der Waals surface area contributed by atoms with Crippen LogP contribution in [-0.4, -0.2) is 315 Å². The van der Waals surface area contributed by atoms with Crippen molar-refractivity contribution in [2.24, 2.45) is 0 Å². The highest BCUT2D eigenvalue weighted by molar-refractivity contribution is 6.35. The van der Waals surface area contributed by atoms with Crippen molar-refractivity contribution in [1.29, 1.82) is 0 Å². The zero-order valence-electron chi connectivity index (χ0n) is 53.5. The molecule has 1 aliphatic rings. The number of benzene rings is 2. The fraction of sp³-hybridized carbons (Fsp3) is 0.770. The molecule has 0 radical (unpaired) electrons. The minimum Gasteiger partial charge on any atom is -0.371 e. The van der Waals surface area contributed by atoms with Gasteiger partial charge in [0.25, 0.3) is 0 Å². The first-order chi connectivity index (χ1) is 34.3. The Kier molecular flexibility index (Phi) is 24.2. The van der Waals surface area contributed by atoms with Crippen LogP contribution < -0.4 is 19.6 Å². The zero-order valence-corrected chi connectivity index (χ0v) is 53.5. The summed E-state index contributed by atoms with van der Waals surface area (Å²) in [5.41, 5.74) is 6.12. The Bertz CT molecular complexity index is 2030. The maximum absolute atomic E-state index is 16.9. The van der Waals surface area contributed by atoms with E-state index in [2.05, 4.69) is 211 Å². The van der Waals surface area contributed by atoms with E-state index in [9.17, 15) is 0 Å². The van der Waals surface area contributed by atoms with Gasteiger partial charge in [-0.05, 0) is 51.3 Å². The lowest BCUT2D eigenvalue weighted by molar-refractivity contribution is -0.870. The molecule has 0 N–H and O–H groups in total. The number of carbonyl (C=O) groups is 2. The van der Waals surface area contributed by atoms with Crippen molar-refractivity contribution in [2.45, 2.75) is 51.4 Å². The minimum absolute atomic E-state index is 0.0102. The van der Waals surface area contributed by atoms with Gasteiger partial charge in [-0.25, -0.2) is 0 Å². The molecule has 0 bridgehead atoms. The molecule has 0 atom stereocenters. The Morgan fingerprint density at radius 2 is 0.427 bits per heavy atom. The van der Waals surface area contributed by atoms with Gasteiger partial charge in [-0.3, -0.25) is 9.59 Å². The summed E-state index contributed by atoms with van der Waals surface area (Å²) in [6.45, 7) is 14.5. The largest absolute Gasteiger partial charge is 0.371 e. The zero-order chi connectivity index (χ0) is 57.0. The summed E-state index contributed by atoms with van der Waals surface area (Å²) in [7, 11) is 51.8. The number of carbonyl (C=O) groups excluding carboxylic acids is 2. The minimum atomic E-state index is 0.0102. The molecule has 14 heteroatoms. The molecule has 0 fully saturated rings. The van der Waals surface area contributed by atoms with Crippen LogP contribution in [0.25, 0.3) is 0 Å². The van der Waals surface area contributed by atoms with Crippen LogP contribution in [0, 0.1) is 0 Å². The maximum atomic E-state index is 16.9. The van der Waals surface area contributed by atoms with Crippen molar-refractivity contribution < 1.29 is 41.0 Å². The number of fused-ring (bicyclic) bond motifs is 2. The highest BCUT2D eigenvalue weighted by Gasteiger charge is 2.41. The lowest BCUT2D eigenvalue weighted by Gasteiger charge is -2.38. The third-order valence-electron chi connectivity index (χ3n) is 14.4. The number of hydrogen-bond donors (Lipinski definition) is 0. The first-order valence-electron chi connectivity index (χ1n) is 29.0. The van der Waals surface area contributed by atoms with Gasteiger partial charge in [0.2, 0.25) is 0 Å². The van der Waals surface area contributed by atoms with Crippen LogP contribution in [0.2, 0.25) is 0 Å². The van der Waals surface area contributed by atoms with E-state index >= 15 is 9.59 Å². The van der Waals surface area contributed by atoms with E-state index in [4.69, 9.17) is 0 Å². The summed E-state index contributed by atoms with van der Waals surface area (Å²) in [5.74, 6) is 0.0213. The van der Waals surface area contributed by atoms with Gasteiger partial charge in [-0.15, -0.1) is 0 Å². The third kappa shape index (κ3) is 24.1. The summed E-state index contributed by atoms with van der Waals surface area (Å²) >= 11 is 0. The van der Waals surface area contributed by atoms with Gasteiger partial charge in [0.1, 0.15) is 0 Å². The number of rotatable bonds is 36. The van der Waals surface area contributed by atoms with Gasteiger partial charge in [0.15, 0.2) is 11.6 Å². The number of ketones is 2. The molecule has 75 heavy (non-hydrogen) atoms. The smallest absolute Gasteiger partial charge is 0.198 e. The van der Waals surface area contributed by atoms with Gasteiger partial charge in [-0.1, -0.05) is 0 Å². The molecule has 0 saturated carbocycles. The quantitative estimate of drug-likeness (QED) is 0.0634. The Labute approximate surface area is 462 Å². The Morgan fingerprint density at radius 3 is 0.573 bits per heavy atom. The number of hydrogen-bond acceptors (Lipinski definition) is 7. The first kappa shape index (κ1) is 65.9. The molecule has 1 aliphatic carbocycles. The van der Waals surface area contributed by atoms with Gasteiger partial charge >= 0.3 is 0 Å². The van der Waals surface area contributed by atoms with Crippen LogP contribution in [0.1, 0.15) is 83.2 Å². The standard InChI is InChI=1S/C61H121N12O2/c1-62(2)36-24-37-63(38-25-45-67(3,4)5)52-32-33-53(64(39-26-46-68(6,7)8)40-27-47-69(9,10)11)57-56(52)60(74)58-54(65(41-28-48-70(12,13)14)42-29-49-71(15,16)17)34-35-55(59(58)61(57)75)66(43-30-50-72(18,19)20)44-31-51-73(21,22)23/h32-35H,24-31,36-51H2,1-23H3/q+7. The summed E-state index contributed by atoms with van der Waals surface area (Å²) in [4.78, 5) is 45.9. The van der Waals surface area contributed by atoms with Gasteiger partial charge in [0.05, 0.1) is 216 Å². The highest BCUT2D eigenvalue weighted by atomic mass is 16.1. The average molecular weight is 1050 g/mol. The molecule has 0 aromatic heterocycles. The van der Waals surface area contributed by atoms with E-state index < -0.39 is 0 Å². The molecule has 14 nitrogen and oxygen atoms in total. The predicted octanol–water partition coefficient (Wildman–Crippen LogP) is 6.31. The number of nitrogens with zero attached hydrogens (tertiary/aromatic N) is 12. The van der Waals surface area contributed by atoms with Crippen molar-refractivity contribution in [3.05, 3.63) is 46.5 Å². The molecule has 0 saturated heterocycles. The molecule has 0 amide bonds. The van der Waals surface area contributed by atoms with E-state index in [0.29, 0.717) is 22.3 Å². The molecular weight excluding hydrogens is 933 g/mol. The van der Waals surface area contributed by atoms with Crippen molar-refractivity contribution >= 4 is 34.3 Å². The maximum Gasteiger partial charge on any atom is 0.198 e.